The minimum absolute atomic E-state index is 0.0609. The molecule has 0 N–H and O–H groups in total. The number of Topliss-reactive ketones (excluding diaryl/α,β-unsaturated/α-hetero) is 1. The van der Waals surface area contributed by atoms with Crippen molar-refractivity contribution in [1.29, 1.82) is 0 Å². The van der Waals surface area contributed by atoms with Crippen LogP contribution in [0, 0.1) is 5.92 Å². The molecule has 76 valence electrons. The summed E-state index contributed by atoms with van der Waals surface area (Å²) < 4.78 is 5.29. The lowest BCUT2D eigenvalue weighted by Crippen LogP contribution is -2.14. The Balaban J connectivity index is 2.26. The molecule has 1 aromatic carbocycles. The van der Waals surface area contributed by atoms with Crippen molar-refractivity contribution in [2.45, 2.75) is 20.5 Å². The molecule has 0 spiro atoms. The first-order valence-corrected chi connectivity index (χ1v) is 4.84. The third-order valence-corrected chi connectivity index (χ3v) is 2.00. The zero-order valence-corrected chi connectivity index (χ0v) is 8.69. The van der Waals surface area contributed by atoms with Crippen molar-refractivity contribution in [3.63, 3.8) is 0 Å². The molecule has 1 rings (SSSR count). The van der Waals surface area contributed by atoms with Crippen LogP contribution >= 0.6 is 0 Å². The molecule has 0 amide bonds. The van der Waals surface area contributed by atoms with Gasteiger partial charge in [-0.2, -0.15) is 0 Å². The first kappa shape index (κ1) is 10.9. The topological polar surface area (TPSA) is 26.3 Å². The lowest BCUT2D eigenvalue weighted by Gasteiger charge is -2.05. The Labute approximate surface area is 84.9 Å². The van der Waals surface area contributed by atoms with Gasteiger partial charge < -0.3 is 4.74 Å². The Morgan fingerprint density at radius 1 is 1.29 bits per heavy atom. The molecule has 0 saturated carbocycles. The lowest BCUT2D eigenvalue weighted by molar-refractivity contribution is -0.126. The van der Waals surface area contributed by atoms with Gasteiger partial charge in [-0.15, -0.1) is 0 Å². The van der Waals surface area contributed by atoms with Crippen LogP contribution in [0.3, 0.4) is 0 Å². The van der Waals surface area contributed by atoms with Crippen LogP contribution in [0.1, 0.15) is 19.4 Å². The van der Waals surface area contributed by atoms with Crippen molar-refractivity contribution in [3.05, 3.63) is 35.9 Å². The highest BCUT2D eigenvalue weighted by Gasteiger charge is 2.06. The number of carbonyl (C=O) groups is 1. The number of ketones is 1. The van der Waals surface area contributed by atoms with Crippen LogP contribution in [-0.2, 0) is 16.1 Å². The quantitative estimate of drug-likeness (QED) is 0.716. The first-order valence-electron chi connectivity index (χ1n) is 4.84. The summed E-state index contributed by atoms with van der Waals surface area (Å²) in [5.74, 6) is 0.215. The minimum atomic E-state index is 0.0609. The molecule has 0 aliphatic rings. The van der Waals surface area contributed by atoms with Crippen molar-refractivity contribution in [3.8, 4) is 0 Å². The van der Waals surface area contributed by atoms with Gasteiger partial charge >= 0.3 is 0 Å². The van der Waals surface area contributed by atoms with Crippen LogP contribution in [0.15, 0.2) is 30.3 Å². The maximum atomic E-state index is 11.2. The summed E-state index contributed by atoms with van der Waals surface area (Å²) in [4.78, 5) is 11.2. The van der Waals surface area contributed by atoms with Gasteiger partial charge in [-0.1, -0.05) is 44.2 Å². The van der Waals surface area contributed by atoms with Crippen LogP contribution in [0.4, 0.5) is 0 Å². The summed E-state index contributed by atoms with van der Waals surface area (Å²) in [6.07, 6.45) is 0. The van der Waals surface area contributed by atoms with E-state index in [4.69, 9.17) is 4.74 Å². The van der Waals surface area contributed by atoms with Gasteiger partial charge in [0.25, 0.3) is 0 Å². The van der Waals surface area contributed by atoms with Crippen molar-refractivity contribution in [1.82, 2.24) is 0 Å². The highest BCUT2D eigenvalue weighted by Crippen LogP contribution is 2.01. The molecule has 0 aliphatic heterocycles. The molecule has 14 heavy (non-hydrogen) atoms. The predicted molar refractivity (Wildman–Crippen MR) is 55.9 cm³/mol. The van der Waals surface area contributed by atoms with E-state index >= 15 is 0 Å². The minimum Gasteiger partial charge on any atom is -0.369 e. The number of hydrogen-bond acceptors (Lipinski definition) is 2. The van der Waals surface area contributed by atoms with Crippen molar-refractivity contribution in [2.75, 3.05) is 6.61 Å². The summed E-state index contributed by atoms with van der Waals surface area (Å²) in [5, 5.41) is 0. The van der Waals surface area contributed by atoms with E-state index in [1.165, 1.54) is 0 Å². The van der Waals surface area contributed by atoms with Gasteiger partial charge in [-0.05, 0) is 5.56 Å². The monoisotopic (exact) mass is 192 g/mol. The third kappa shape index (κ3) is 3.71. The summed E-state index contributed by atoms with van der Waals surface area (Å²) >= 11 is 0. The van der Waals surface area contributed by atoms with Gasteiger partial charge in [0, 0.05) is 5.92 Å². The second-order valence-electron chi connectivity index (χ2n) is 3.60. The van der Waals surface area contributed by atoms with E-state index in [0.717, 1.165) is 5.56 Å². The number of rotatable bonds is 5. The van der Waals surface area contributed by atoms with E-state index in [0.29, 0.717) is 6.61 Å². The van der Waals surface area contributed by atoms with Gasteiger partial charge in [-0.25, -0.2) is 0 Å². The fourth-order valence-electron chi connectivity index (χ4n) is 1.01. The Kier molecular flexibility index (Phi) is 4.33. The fourth-order valence-corrected chi connectivity index (χ4v) is 1.01. The van der Waals surface area contributed by atoms with E-state index in [-0.39, 0.29) is 18.3 Å². The maximum Gasteiger partial charge on any atom is 0.160 e. The van der Waals surface area contributed by atoms with Crippen molar-refractivity contribution >= 4 is 5.78 Å². The summed E-state index contributed by atoms with van der Waals surface area (Å²) in [6, 6.07) is 9.86. The van der Waals surface area contributed by atoms with Gasteiger partial charge in [0.2, 0.25) is 0 Å². The van der Waals surface area contributed by atoms with Crippen LogP contribution in [-0.4, -0.2) is 12.4 Å². The lowest BCUT2D eigenvalue weighted by atomic mass is 10.1. The number of ether oxygens (including phenoxy) is 1. The summed E-state index contributed by atoms with van der Waals surface area (Å²) in [7, 11) is 0. The maximum absolute atomic E-state index is 11.2. The Morgan fingerprint density at radius 3 is 2.50 bits per heavy atom. The zero-order valence-electron chi connectivity index (χ0n) is 8.69. The average Bonchev–Trinajstić information content (AvgIpc) is 2.19. The second-order valence-corrected chi connectivity index (χ2v) is 3.60. The molecular formula is C12H16O2. The Morgan fingerprint density at radius 2 is 1.93 bits per heavy atom. The molecule has 0 fully saturated rings. The van der Waals surface area contributed by atoms with Crippen LogP contribution in [0.2, 0.25) is 0 Å². The molecular weight excluding hydrogens is 176 g/mol. The van der Waals surface area contributed by atoms with E-state index < -0.39 is 0 Å². The molecule has 0 aromatic heterocycles. The molecule has 0 bridgehead atoms. The van der Waals surface area contributed by atoms with Gasteiger partial charge in [0.15, 0.2) is 5.78 Å². The smallest absolute Gasteiger partial charge is 0.160 e. The SMILES string of the molecule is CC(C)C(=O)COCc1ccccc1. The van der Waals surface area contributed by atoms with Gasteiger partial charge in [0.1, 0.15) is 6.61 Å². The zero-order chi connectivity index (χ0) is 10.4. The van der Waals surface area contributed by atoms with E-state index in [1.807, 2.05) is 44.2 Å². The molecule has 2 heteroatoms. The van der Waals surface area contributed by atoms with Crippen molar-refractivity contribution in [2.24, 2.45) is 5.92 Å². The number of benzene rings is 1. The largest absolute Gasteiger partial charge is 0.369 e. The molecule has 0 aliphatic carbocycles. The summed E-state index contributed by atoms with van der Waals surface area (Å²) in [6.45, 7) is 4.49. The molecule has 2 nitrogen and oxygen atoms in total. The van der Waals surface area contributed by atoms with Gasteiger partial charge in [-0.3, -0.25) is 4.79 Å². The van der Waals surface area contributed by atoms with Crippen LogP contribution < -0.4 is 0 Å². The average molecular weight is 192 g/mol. The van der Waals surface area contributed by atoms with Crippen LogP contribution in [0.5, 0.6) is 0 Å². The summed E-state index contributed by atoms with van der Waals surface area (Å²) in [5.41, 5.74) is 1.10. The highest BCUT2D eigenvalue weighted by atomic mass is 16.5. The number of hydrogen-bond donors (Lipinski definition) is 0. The van der Waals surface area contributed by atoms with Crippen LogP contribution in [0.25, 0.3) is 0 Å². The van der Waals surface area contributed by atoms with Crippen molar-refractivity contribution < 1.29 is 9.53 Å². The first-order chi connectivity index (χ1) is 6.70. The predicted octanol–water partition coefficient (Wildman–Crippen LogP) is 2.43. The highest BCUT2D eigenvalue weighted by molar-refractivity contribution is 5.81. The molecule has 0 heterocycles. The normalized spacial score (nSPS) is 10.5. The van der Waals surface area contributed by atoms with E-state index in [2.05, 4.69) is 0 Å². The molecule has 0 atom stereocenters. The number of carbonyl (C=O) groups excluding carboxylic acids is 1. The Hall–Kier alpha value is -1.15. The van der Waals surface area contributed by atoms with E-state index in [1.54, 1.807) is 0 Å². The molecule has 0 saturated heterocycles. The second kappa shape index (κ2) is 5.55. The molecule has 0 unspecified atom stereocenters. The fraction of sp³-hybridized carbons (Fsp3) is 0.417. The van der Waals surface area contributed by atoms with Gasteiger partial charge in [0.05, 0.1) is 6.61 Å². The third-order valence-electron chi connectivity index (χ3n) is 2.00. The molecule has 0 radical (unpaired) electrons. The molecule has 1 aromatic rings. The standard InChI is InChI=1S/C12H16O2/c1-10(2)12(13)9-14-8-11-6-4-3-5-7-11/h3-7,10H,8-9H2,1-2H3. The Bertz CT molecular complexity index is 278. The van der Waals surface area contributed by atoms with E-state index in [9.17, 15) is 4.79 Å².